The van der Waals surface area contributed by atoms with Crippen LogP contribution in [0.2, 0.25) is 0 Å². The monoisotopic (exact) mass is 261 g/mol. The number of carbonyl (C=O) groups excluding carboxylic acids is 1. The van der Waals surface area contributed by atoms with Crippen molar-refractivity contribution >= 4 is 29.3 Å². The van der Waals surface area contributed by atoms with E-state index in [1.165, 1.54) is 17.3 Å². The molecule has 2 rings (SSSR count). The van der Waals surface area contributed by atoms with Crippen LogP contribution in [0.3, 0.4) is 0 Å². The van der Waals surface area contributed by atoms with E-state index in [1.807, 2.05) is 30.3 Å². The highest BCUT2D eigenvalue weighted by Crippen LogP contribution is 2.45. The molecule has 1 atom stereocenters. The molecule has 1 aliphatic rings. The van der Waals surface area contributed by atoms with Crippen LogP contribution in [0.1, 0.15) is 17.2 Å². The van der Waals surface area contributed by atoms with E-state index in [0.29, 0.717) is 12.2 Å². The van der Waals surface area contributed by atoms with Gasteiger partial charge in [0.15, 0.2) is 5.78 Å². The molecule has 0 amide bonds. The lowest BCUT2D eigenvalue weighted by atomic mass is 10.1. The molecule has 0 fully saturated rings. The largest absolute Gasteiger partial charge is 0.295 e. The minimum Gasteiger partial charge on any atom is -0.295 e. The van der Waals surface area contributed by atoms with Crippen LogP contribution in [0, 0.1) is 11.3 Å². The van der Waals surface area contributed by atoms with Crippen LogP contribution >= 0.6 is 23.5 Å². The zero-order chi connectivity index (χ0) is 12.1. The minimum atomic E-state index is 0.151. The molecule has 0 aliphatic carbocycles. The lowest BCUT2D eigenvalue weighted by Gasteiger charge is -2.20. The summed E-state index contributed by atoms with van der Waals surface area (Å²) in [6.07, 6.45) is 2.21. The van der Waals surface area contributed by atoms with Crippen molar-refractivity contribution in [1.29, 1.82) is 5.26 Å². The number of rotatable bonds is 3. The molecule has 1 heterocycles. The second-order valence-electron chi connectivity index (χ2n) is 3.60. The molecule has 0 aromatic heterocycles. The molecule has 0 bridgehead atoms. The molecule has 0 radical (unpaired) electrons. The van der Waals surface area contributed by atoms with Crippen molar-refractivity contribution in [1.82, 2.24) is 0 Å². The van der Waals surface area contributed by atoms with E-state index in [9.17, 15) is 4.79 Å². The first-order chi connectivity index (χ1) is 8.29. The quantitative estimate of drug-likeness (QED) is 0.834. The standard InChI is InChI=1S/C13H11NOS2/c14-6-7-16-13-9-11(15)8-12(17-13)10-4-2-1-3-5-10/h1-5,9,12H,7-8H2. The number of benzene rings is 1. The normalized spacial score (nSPS) is 19.6. The van der Waals surface area contributed by atoms with E-state index in [2.05, 4.69) is 6.07 Å². The molecule has 0 spiro atoms. The molecule has 0 N–H and O–H groups in total. The highest BCUT2D eigenvalue weighted by Gasteiger charge is 2.22. The number of thioether (sulfide) groups is 2. The third-order valence-corrected chi connectivity index (χ3v) is 4.77. The van der Waals surface area contributed by atoms with Crippen LogP contribution in [0.25, 0.3) is 0 Å². The summed E-state index contributed by atoms with van der Waals surface area (Å²) in [7, 11) is 0. The molecule has 1 aromatic rings. The van der Waals surface area contributed by atoms with Gasteiger partial charge in [-0.1, -0.05) is 30.3 Å². The fourth-order valence-electron chi connectivity index (χ4n) is 1.62. The number of allylic oxidation sites excluding steroid dienone is 1. The second-order valence-corrected chi connectivity index (χ2v) is 6.12. The van der Waals surface area contributed by atoms with Crippen LogP contribution in [0.4, 0.5) is 0 Å². The van der Waals surface area contributed by atoms with Gasteiger partial charge in [-0.3, -0.25) is 4.79 Å². The zero-order valence-electron chi connectivity index (χ0n) is 9.13. The summed E-state index contributed by atoms with van der Waals surface area (Å²) in [5.41, 5.74) is 1.18. The second kappa shape index (κ2) is 5.95. The maximum Gasteiger partial charge on any atom is 0.158 e. The molecule has 86 valence electrons. The van der Waals surface area contributed by atoms with Gasteiger partial charge in [0.25, 0.3) is 0 Å². The Hall–Kier alpha value is -1.18. The smallest absolute Gasteiger partial charge is 0.158 e. The molecule has 2 nitrogen and oxygen atoms in total. The van der Waals surface area contributed by atoms with Gasteiger partial charge in [-0.2, -0.15) is 5.26 Å². The molecule has 4 heteroatoms. The number of hydrogen-bond donors (Lipinski definition) is 0. The SMILES string of the molecule is N#CCSC1=CC(=O)CC(c2ccccc2)S1. The molecule has 1 aliphatic heterocycles. The van der Waals surface area contributed by atoms with Crippen molar-refractivity contribution < 1.29 is 4.79 Å². The Kier molecular flexibility index (Phi) is 4.29. The van der Waals surface area contributed by atoms with Gasteiger partial charge in [-0.25, -0.2) is 0 Å². The van der Waals surface area contributed by atoms with E-state index in [0.717, 1.165) is 4.24 Å². The molecule has 17 heavy (non-hydrogen) atoms. The first-order valence-corrected chi connectivity index (χ1v) is 7.12. The van der Waals surface area contributed by atoms with Crippen molar-refractivity contribution in [3.63, 3.8) is 0 Å². The molecule has 0 saturated carbocycles. The van der Waals surface area contributed by atoms with Gasteiger partial charge in [0.2, 0.25) is 0 Å². The summed E-state index contributed by atoms with van der Waals surface area (Å²) in [6.45, 7) is 0. The average Bonchev–Trinajstić information content (AvgIpc) is 2.37. The maximum atomic E-state index is 11.6. The van der Waals surface area contributed by atoms with E-state index in [1.54, 1.807) is 17.8 Å². The summed E-state index contributed by atoms with van der Waals surface area (Å²) in [5, 5.41) is 8.74. The van der Waals surface area contributed by atoms with Gasteiger partial charge in [0.1, 0.15) is 0 Å². The Bertz CT molecular complexity index is 476. The number of hydrogen-bond acceptors (Lipinski definition) is 4. The number of nitriles is 1. The number of carbonyl (C=O) groups is 1. The fraction of sp³-hybridized carbons (Fsp3) is 0.231. The first kappa shape index (κ1) is 12.3. The zero-order valence-corrected chi connectivity index (χ0v) is 10.8. The van der Waals surface area contributed by atoms with E-state index < -0.39 is 0 Å². The lowest BCUT2D eigenvalue weighted by Crippen LogP contribution is -2.07. The summed E-state index contributed by atoms with van der Waals surface area (Å²) in [5.74, 6) is 0.547. The van der Waals surface area contributed by atoms with E-state index in [-0.39, 0.29) is 11.0 Å². The predicted molar refractivity (Wildman–Crippen MR) is 72.6 cm³/mol. The Morgan fingerprint density at radius 2 is 2.18 bits per heavy atom. The van der Waals surface area contributed by atoms with Crippen molar-refractivity contribution in [2.75, 3.05) is 5.75 Å². The van der Waals surface area contributed by atoms with Crippen LogP contribution in [-0.4, -0.2) is 11.5 Å². The summed E-state index contributed by atoms with van der Waals surface area (Å²) < 4.78 is 0.955. The predicted octanol–water partition coefficient (Wildman–Crippen LogP) is 3.53. The van der Waals surface area contributed by atoms with Gasteiger partial charge in [0, 0.05) is 22.0 Å². The third kappa shape index (κ3) is 3.39. The molecular formula is C13H11NOS2. The van der Waals surface area contributed by atoms with Crippen LogP contribution in [0.15, 0.2) is 40.6 Å². The van der Waals surface area contributed by atoms with Crippen molar-refractivity contribution in [3.05, 3.63) is 46.2 Å². The lowest BCUT2D eigenvalue weighted by molar-refractivity contribution is -0.114. The van der Waals surface area contributed by atoms with Gasteiger partial charge < -0.3 is 0 Å². The molecule has 1 aromatic carbocycles. The summed E-state index contributed by atoms with van der Waals surface area (Å²) >= 11 is 3.12. The Morgan fingerprint density at radius 3 is 2.88 bits per heavy atom. The summed E-state index contributed by atoms with van der Waals surface area (Å²) in [6, 6.07) is 12.1. The van der Waals surface area contributed by atoms with Crippen LogP contribution < -0.4 is 0 Å². The van der Waals surface area contributed by atoms with Crippen molar-refractivity contribution in [2.24, 2.45) is 0 Å². The Balaban J connectivity index is 2.11. The highest BCUT2D eigenvalue weighted by atomic mass is 32.2. The molecule has 1 unspecified atom stereocenters. The molecular weight excluding hydrogens is 250 g/mol. The molecule has 0 saturated heterocycles. The van der Waals surface area contributed by atoms with E-state index >= 15 is 0 Å². The number of nitrogens with zero attached hydrogens (tertiary/aromatic N) is 1. The Labute approximate surface area is 109 Å². The van der Waals surface area contributed by atoms with Gasteiger partial charge in [-0.15, -0.1) is 23.5 Å². The highest BCUT2D eigenvalue weighted by molar-refractivity contribution is 8.22. The van der Waals surface area contributed by atoms with Crippen LogP contribution in [0.5, 0.6) is 0 Å². The maximum absolute atomic E-state index is 11.6. The van der Waals surface area contributed by atoms with Gasteiger partial charge in [0.05, 0.1) is 11.8 Å². The average molecular weight is 261 g/mol. The van der Waals surface area contributed by atoms with Crippen molar-refractivity contribution in [3.8, 4) is 6.07 Å². The topological polar surface area (TPSA) is 40.9 Å². The first-order valence-electron chi connectivity index (χ1n) is 5.25. The van der Waals surface area contributed by atoms with E-state index in [4.69, 9.17) is 5.26 Å². The van der Waals surface area contributed by atoms with Gasteiger partial charge in [-0.05, 0) is 5.56 Å². The Morgan fingerprint density at radius 1 is 1.41 bits per heavy atom. The number of ketones is 1. The van der Waals surface area contributed by atoms with Gasteiger partial charge >= 0.3 is 0 Å². The van der Waals surface area contributed by atoms with Crippen LogP contribution in [-0.2, 0) is 4.79 Å². The fourth-order valence-corrected chi connectivity index (χ4v) is 3.86. The minimum absolute atomic E-state index is 0.151. The summed E-state index contributed by atoms with van der Waals surface area (Å²) in [4.78, 5) is 11.6. The third-order valence-electron chi connectivity index (χ3n) is 2.37. The van der Waals surface area contributed by atoms with Crippen molar-refractivity contribution in [2.45, 2.75) is 11.7 Å².